The molecule has 76 heavy (non-hydrogen) atoms. The number of imidazole rings is 1. The number of hydrogen-bond acceptors (Lipinski definition) is 3. The van der Waals surface area contributed by atoms with Crippen LogP contribution in [-0.4, -0.2) is 19.6 Å². The zero-order valence-corrected chi connectivity index (χ0v) is 43.9. The zero-order chi connectivity index (χ0) is 51.8. The number of fused-ring (bicyclic) bond motifs is 1. The van der Waals surface area contributed by atoms with Crippen molar-refractivity contribution in [3.63, 3.8) is 0 Å². The van der Waals surface area contributed by atoms with Gasteiger partial charge in [-0.05, 0) is 129 Å². The molecule has 0 radical (unpaired) electrons. The number of benzene rings is 9. The summed E-state index contributed by atoms with van der Waals surface area (Å²) in [6.07, 6.45) is 8.22. The SMILES string of the molecule is CC(C)(C)c1cc(-c2cc(-c3ccc(C(C)(c4ccccc4)c4ccccc4)cc3)ccn2)cc(-c2cccc3c2nc(-c2cccc(-c4ccccc4)c2O)n3-c2ccc(CC3CCCC3)cc2-c2ccccc2)c1. The van der Waals surface area contributed by atoms with Gasteiger partial charge in [0.1, 0.15) is 11.6 Å². The van der Waals surface area contributed by atoms with Crippen molar-refractivity contribution in [1.82, 2.24) is 14.5 Å². The van der Waals surface area contributed by atoms with E-state index in [4.69, 9.17) is 9.97 Å². The molecule has 1 saturated carbocycles. The number of aromatic hydroxyl groups is 1. The smallest absolute Gasteiger partial charge is 0.149 e. The van der Waals surface area contributed by atoms with E-state index in [1.165, 1.54) is 53.5 Å². The van der Waals surface area contributed by atoms with Crippen LogP contribution in [0.4, 0.5) is 0 Å². The van der Waals surface area contributed by atoms with E-state index in [1.807, 2.05) is 54.7 Å². The first-order valence-electron chi connectivity index (χ1n) is 27.0. The van der Waals surface area contributed by atoms with Crippen LogP contribution in [0.15, 0.2) is 237 Å². The lowest BCUT2D eigenvalue weighted by atomic mass is 9.71. The third-order valence-electron chi connectivity index (χ3n) is 16.1. The monoisotopic (exact) mass is 985 g/mol. The summed E-state index contributed by atoms with van der Waals surface area (Å²) in [6, 6.07) is 82.4. The Kier molecular flexibility index (Phi) is 12.9. The highest BCUT2D eigenvalue weighted by atomic mass is 16.3. The second-order valence-electron chi connectivity index (χ2n) is 22.0. The summed E-state index contributed by atoms with van der Waals surface area (Å²) in [5.74, 6) is 1.59. The summed E-state index contributed by atoms with van der Waals surface area (Å²) in [6.45, 7) is 9.15. The Morgan fingerprint density at radius 2 is 1.04 bits per heavy atom. The van der Waals surface area contributed by atoms with Crippen LogP contribution in [-0.2, 0) is 17.3 Å². The number of aromatic nitrogens is 3. The van der Waals surface area contributed by atoms with E-state index in [0.717, 1.165) is 78.9 Å². The van der Waals surface area contributed by atoms with Crippen molar-refractivity contribution < 1.29 is 5.11 Å². The summed E-state index contributed by atoms with van der Waals surface area (Å²) in [5, 5.41) is 12.4. The lowest BCUT2D eigenvalue weighted by Crippen LogP contribution is -2.25. The van der Waals surface area contributed by atoms with Gasteiger partial charge < -0.3 is 5.11 Å². The summed E-state index contributed by atoms with van der Waals surface area (Å²) >= 11 is 0. The fourth-order valence-electron chi connectivity index (χ4n) is 11.8. The van der Waals surface area contributed by atoms with Crippen molar-refractivity contribution >= 4 is 11.0 Å². The van der Waals surface area contributed by atoms with Crippen LogP contribution in [0, 0.1) is 5.92 Å². The first-order chi connectivity index (χ1) is 37.1. The van der Waals surface area contributed by atoms with Crippen LogP contribution in [0.5, 0.6) is 5.75 Å². The van der Waals surface area contributed by atoms with Gasteiger partial charge in [0, 0.05) is 33.9 Å². The van der Waals surface area contributed by atoms with E-state index in [1.54, 1.807) is 0 Å². The van der Waals surface area contributed by atoms with Crippen molar-refractivity contribution in [2.24, 2.45) is 5.92 Å². The van der Waals surface area contributed by atoms with Gasteiger partial charge in [-0.1, -0.05) is 228 Å². The largest absolute Gasteiger partial charge is 0.507 e. The van der Waals surface area contributed by atoms with E-state index in [0.29, 0.717) is 17.3 Å². The highest BCUT2D eigenvalue weighted by molar-refractivity contribution is 5.98. The van der Waals surface area contributed by atoms with Crippen LogP contribution < -0.4 is 0 Å². The van der Waals surface area contributed by atoms with Crippen LogP contribution in [0.2, 0.25) is 0 Å². The highest BCUT2D eigenvalue weighted by Crippen LogP contribution is 2.45. The number of phenolic OH excluding ortho intramolecular Hbond substituents is 1. The molecular formula is C72H63N3O. The lowest BCUT2D eigenvalue weighted by Gasteiger charge is -2.32. The van der Waals surface area contributed by atoms with Crippen molar-refractivity contribution in [1.29, 1.82) is 0 Å². The lowest BCUT2D eigenvalue weighted by molar-refractivity contribution is 0.479. The van der Waals surface area contributed by atoms with Crippen LogP contribution >= 0.6 is 0 Å². The van der Waals surface area contributed by atoms with Gasteiger partial charge in [-0.25, -0.2) is 4.98 Å². The number of pyridine rings is 1. The second-order valence-corrected chi connectivity index (χ2v) is 22.0. The van der Waals surface area contributed by atoms with E-state index >= 15 is 0 Å². The van der Waals surface area contributed by atoms with E-state index in [2.05, 4.69) is 214 Å². The average Bonchev–Trinajstić information content (AvgIpc) is 4.18. The normalized spacial score (nSPS) is 13.1. The molecule has 1 fully saturated rings. The minimum atomic E-state index is -0.330. The van der Waals surface area contributed by atoms with Gasteiger partial charge in [0.05, 0.1) is 28.0 Å². The van der Waals surface area contributed by atoms with Crippen molar-refractivity contribution in [3.05, 3.63) is 265 Å². The molecule has 2 aromatic heterocycles. The third kappa shape index (κ3) is 9.23. The standard InChI is InChI=1S/C72H63N3O/c1-71(2,3)60-46-55(45-56(47-60)65-48-54(41-42-73-65)51-36-38-59(39-37-51)72(4,57-27-13-7-14-28-57)58-29-15-8-16-30-58)61-31-20-34-67-68(61)74-70(63-33-19-32-62(69(63)76)52-23-9-5-10-24-52)75(67)66-40-35-50(43-49-21-17-18-22-49)44-64(66)53-25-11-6-12-26-53/h5-16,19-20,23-42,44-49,76H,17-18,21-22,43H2,1-4H3. The Hall–Kier alpha value is -8.60. The quantitative estimate of drug-likeness (QED) is 0.124. The molecule has 1 aliphatic rings. The molecule has 0 aliphatic heterocycles. The Labute approximate surface area is 448 Å². The molecule has 1 N–H and O–H groups in total. The number of para-hydroxylation sites is 2. The topological polar surface area (TPSA) is 50.9 Å². The molecule has 12 rings (SSSR count). The first-order valence-corrected chi connectivity index (χ1v) is 27.0. The maximum atomic E-state index is 12.4. The predicted molar refractivity (Wildman–Crippen MR) is 316 cm³/mol. The number of rotatable bonds is 12. The number of phenols is 1. The average molecular weight is 986 g/mol. The molecule has 0 unspecified atom stereocenters. The maximum absolute atomic E-state index is 12.4. The number of hydrogen-bond donors (Lipinski definition) is 1. The molecule has 1 aliphatic carbocycles. The van der Waals surface area contributed by atoms with E-state index in [-0.39, 0.29) is 16.6 Å². The maximum Gasteiger partial charge on any atom is 0.149 e. The summed E-state index contributed by atoms with van der Waals surface area (Å²) in [7, 11) is 0. The molecule has 4 nitrogen and oxygen atoms in total. The van der Waals surface area contributed by atoms with Crippen LogP contribution in [0.1, 0.15) is 81.2 Å². The molecule has 4 heteroatoms. The van der Waals surface area contributed by atoms with E-state index in [9.17, 15) is 5.11 Å². The van der Waals surface area contributed by atoms with Gasteiger partial charge >= 0.3 is 0 Å². The molecule has 0 atom stereocenters. The van der Waals surface area contributed by atoms with Gasteiger partial charge in [0.25, 0.3) is 0 Å². The molecule has 2 heterocycles. The summed E-state index contributed by atoms with van der Waals surface area (Å²) in [5.41, 5.74) is 19.5. The zero-order valence-electron chi connectivity index (χ0n) is 43.9. The molecule has 372 valence electrons. The van der Waals surface area contributed by atoms with Gasteiger partial charge in [0.15, 0.2) is 0 Å². The Morgan fingerprint density at radius 3 is 1.70 bits per heavy atom. The van der Waals surface area contributed by atoms with Crippen molar-refractivity contribution in [2.45, 2.75) is 70.6 Å². The summed E-state index contributed by atoms with van der Waals surface area (Å²) < 4.78 is 2.29. The van der Waals surface area contributed by atoms with Gasteiger partial charge in [-0.2, -0.15) is 0 Å². The molecule has 0 amide bonds. The first kappa shape index (κ1) is 48.3. The number of nitrogens with zero attached hydrogens (tertiary/aromatic N) is 3. The Morgan fingerprint density at radius 1 is 0.461 bits per heavy atom. The predicted octanol–water partition coefficient (Wildman–Crippen LogP) is 18.5. The summed E-state index contributed by atoms with van der Waals surface area (Å²) in [4.78, 5) is 10.7. The Bertz CT molecular complexity index is 3790. The Balaban J connectivity index is 1.00. The highest BCUT2D eigenvalue weighted by Gasteiger charge is 2.31. The van der Waals surface area contributed by atoms with Crippen molar-refractivity contribution in [2.75, 3.05) is 0 Å². The van der Waals surface area contributed by atoms with E-state index < -0.39 is 0 Å². The van der Waals surface area contributed by atoms with Gasteiger partial charge in [-0.3, -0.25) is 9.55 Å². The molecule has 11 aromatic rings. The van der Waals surface area contributed by atoms with Crippen molar-refractivity contribution in [3.8, 4) is 78.6 Å². The molecule has 0 spiro atoms. The van der Waals surface area contributed by atoms with Gasteiger partial charge in [-0.15, -0.1) is 0 Å². The molecule has 0 saturated heterocycles. The van der Waals surface area contributed by atoms with Crippen LogP contribution in [0.3, 0.4) is 0 Å². The minimum Gasteiger partial charge on any atom is -0.507 e. The van der Waals surface area contributed by atoms with Gasteiger partial charge in [0.2, 0.25) is 0 Å². The fourth-order valence-corrected chi connectivity index (χ4v) is 11.8. The fraction of sp³-hybridized carbons (Fsp3) is 0.167. The molecular weight excluding hydrogens is 923 g/mol. The minimum absolute atomic E-state index is 0.171. The molecule has 0 bridgehead atoms. The third-order valence-corrected chi connectivity index (χ3v) is 16.1. The molecule has 9 aromatic carbocycles. The van der Waals surface area contributed by atoms with Crippen LogP contribution in [0.25, 0.3) is 83.9 Å². The second kappa shape index (κ2) is 20.3.